The number of halogens is 6. The van der Waals surface area contributed by atoms with Crippen LogP contribution in [0.25, 0.3) is 11.1 Å². The van der Waals surface area contributed by atoms with E-state index in [9.17, 15) is 30.4 Å². The Kier molecular flexibility index (Phi) is 6.39. The fraction of sp³-hybridized carbons (Fsp3) is 0.208. The Bertz CT molecular complexity index is 1390. The lowest BCUT2D eigenvalue weighted by Gasteiger charge is -2.25. The molecule has 0 aromatic heterocycles. The highest BCUT2D eigenvalue weighted by Gasteiger charge is 2.62. The summed E-state index contributed by atoms with van der Waals surface area (Å²) in [5, 5.41) is 4.92. The molecule has 1 aliphatic heterocycles. The Balaban J connectivity index is 1.76. The number of hydrazone groups is 1. The van der Waals surface area contributed by atoms with Crippen LogP contribution < -0.4 is 5.01 Å². The monoisotopic (exact) mass is 528 g/mol. The maximum Gasteiger partial charge on any atom is 0.459 e. The first-order valence-electron chi connectivity index (χ1n) is 10.3. The standard InChI is InChI=1S/C24H18ClF5N2O2S/c1-35(33,34)18-11-9-15(10-12-18)16-5-4-6-17(13-16)21-14-22(23(26,27)24(28,29)30)31-32(21)20-8-3-2-7-19(20)25/h2-13,21H,14H2,1H3. The lowest BCUT2D eigenvalue weighted by molar-refractivity contribution is -0.249. The Labute approximate surface area is 203 Å². The highest BCUT2D eigenvalue weighted by Crippen LogP contribution is 2.46. The molecule has 0 aliphatic carbocycles. The molecule has 4 nitrogen and oxygen atoms in total. The van der Waals surface area contributed by atoms with Gasteiger partial charge in [-0.15, -0.1) is 0 Å². The molecule has 11 heteroatoms. The van der Waals surface area contributed by atoms with Crippen LogP contribution in [0.1, 0.15) is 18.0 Å². The summed E-state index contributed by atoms with van der Waals surface area (Å²) in [6.45, 7) is 0. The molecule has 0 bridgehead atoms. The van der Waals surface area contributed by atoms with Crippen LogP contribution in [0, 0.1) is 0 Å². The highest BCUT2D eigenvalue weighted by molar-refractivity contribution is 7.90. The summed E-state index contributed by atoms with van der Waals surface area (Å²) in [6, 6.07) is 17.9. The highest BCUT2D eigenvalue weighted by atomic mass is 35.5. The fourth-order valence-electron chi connectivity index (χ4n) is 3.80. The predicted octanol–water partition coefficient (Wildman–Crippen LogP) is 6.92. The minimum absolute atomic E-state index is 0.130. The van der Waals surface area contributed by atoms with Crippen molar-refractivity contribution in [2.24, 2.45) is 5.10 Å². The van der Waals surface area contributed by atoms with Crippen molar-refractivity contribution in [1.82, 2.24) is 0 Å². The second-order valence-corrected chi connectivity index (χ2v) is 10.5. The van der Waals surface area contributed by atoms with Crippen LogP contribution in [0.3, 0.4) is 0 Å². The molecule has 0 radical (unpaired) electrons. The molecule has 0 saturated carbocycles. The molecule has 0 spiro atoms. The molecule has 0 saturated heterocycles. The van der Waals surface area contributed by atoms with Crippen LogP contribution in [0.15, 0.2) is 82.8 Å². The number of hydrogen-bond donors (Lipinski definition) is 0. The summed E-state index contributed by atoms with van der Waals surface area (Å²) < 4.78 is 91.2. The second kappa shape index (κ2) is 8.91. The largest absolute Gasteiger partial charge is 0.459 e. The normalized spacial score (nSPS) is 16.9. The van der Waals surface area contributed by atoms with Gasteiger partial charge in [0.05, 0.1) is 21.6 Å². The average molecular weight is 529 g/mol. The van der Waals surface area contributed by atoms with Crippen molar-refractivity contribution in [3.05, 3.63) is 83.4 Å². The lowest BCUT2D eigenvalue weighted by Crippen LogP contribution is -2.43. The van der Waals surface area contributed by atoms with Crippen LogP contribution in [-0.2, 0) is 9.84 Å². The molecule has 3 aromatic rings. The molecule has 0 N–H and O–H groups in total. The van der Waals surface area contributed by atoms with Gasteiger partial charge in [-0.1, -0.05) is 54.1 Å². The van der Waals surface area contributed by atoms with Crippen molar-refractivity contribution in [2.75, 3.05) is 11.3 Å². The number of rotatable bonds is 5. The summed E-state index contributed by atoms with van der Waals surface area (Å²) in [5.74, 6) is -5.11. The quantitative estimate of drug-likeness (QED) is 0.338. The molecule has 0 amide bonds. The number of anilines is 1. The zero-order chi connectivity index (χ0) is 25.6. The Morgan fingerprint density at radius 3 is 2.17 bits per heavy atom. The molecular formula is C24H18ClF5N2O2S. The van der Waals surface area contributed by atoms with Crippen molar-refractivity contribution in [3.63, 3.8) is 0 Å². The van der Waals surface area contributed by atoms with E-state index in [1.807, 2.05) is 0 Å². The van der Waals surface area contributed by atoms with Crippen LogP contribution in [0.2, 0.25) is 5.02 Å². The number of sulfone groups is 1. The molecule has 0 fully saturated rings. The van der Waals surface area contributed by atoms with E-state index in [4.69, 9.17) is 11.6 Å². The van der Waals surface area contributed by atoms with Gasteiger partial charge in [0.15, 0.2) is 9.84 Å². The van der Waals surface area contributed by atoms with Crippen molar-refractivity contribution in [2.45, 2.75) is 29.5 Å². The molecule has 184 valence electrons. The van der Waals surface area contributed by atoms with Crippen molar-refractivity contribution >= 4 is 32.8 Å². The fourth-order valence-corrected chi connectivity index (χ4v) is 4.66. The minimum atomic E-state index is -5.80. The number of alkyl halides is 5. The molecule has 1 heterocycles. The molecule has 1 aliphatic rings. The molecule has 4 rings (SSSR count). The van der Waals surface area contributed by atoms with E-state index in [-0.39, 0.29) is 15.6 Å². The van der Waals surface area contributed by atoms with E-state index < -0.39 is 40.1 Å². The van der Waals surface area contributed by atoms with Gasteiger partial charge in [0.25, 0.3) is 0 Å². The van der Waals surface area contributed by atoms with Gasteiger partial charge in [0.1, 0.15) is 5.71 Å². The van der Waals surface area contributed by atoms with Gasteiger partial charge in [0, 0.05) is 12.7 Å². The van der Waals surface area contributed by atoms with E-state index in [0.717, 1.165) is 11.3 Å². The third-order valence-corrected chi connectivity index (χ3v) is 7.06. The first-order valence-corrected chi connectivity index (χ1v) is 12.5. The molecule has 1 atom stereocenters. The number of nitrogens with zero attached hydrogens (tertiary/aromatic N) is 2. The Morgan fingerprint density at radius 1 is 0.914 bits per heavy atom. The van der Waals surface area contributed by atoms with Gasteiger partial charge in [-0.3, -0.25) is 5.01 Å². The van der Waals surface area contributed by atoms with Crippen molar-refractivity contribution in [3.8, 4) is 11.1 Å². The Hall–Kier alpha value is -2.98. The minimum Gasteiger partial charge on any atom is -0.256 e. The van der Waals surface area contributed by atoms with Crippen molar-refractivity contribution < 1.29 is 30.4 Å². The number of para-hydroxylation sites is 1. The molecule has 1 unspecified atom stereocenters. The zero-order valence-corrected chi connectivity index (χ0v) is 19.7. The molecular weight excluding hydrogens is 511 g/mol. The third-order valence-electron chi connectivity index (χ3n) is 5.62. The van der Waals surface area contributed by atoms with E-state index in [1.54, 1.807) is 48.5 Å². The first-order chi connectivity index (χ1) is 16.3. The summed E-state index contributed by atoms with van der Waals surface area (Å²) in [6.07, 6.45) is -5.38. The van der Waals surface area contributed by atoms with E-state index >= 15 is 0 Å². The number of benzene rings is 3. The SMILES string of the molecule is CS(=O)(=O)c1ccc(-c2cccc(C3CC(C(F)(F)C(F)(F)F)=NN3c3ccccc3Cl)c2)cc1. The molecule has 3 aromatic carbocycles. The molecule has 35 heavy (non-hydrogen) atoms. The second-order valence-electron chi connectivity index (χ2n) is 8.06. The van der Waals surface area contributed by atoms with Crippen LogP contribution in [0.5, 0.6) is 0 Å². The van der Waals surface area contributed by atoms with E-state index in [2.05, 4.69) is 5.10 Å². The smallest absolute Gasteiger partial charge is 0.256 e. The number of hydrogen-bond acceptors (Lipinski definition) is 4. The van der Waals surface area contributed by atoms with E-state index in [0.29, 0.717) is 16.7 Å². The maximum absolute atomic E-state index is 14.2. The van der Waals surface area contributed by atoms with Gasteiger partial charge in [0.2, 0.25) is 0 Å². The topological polar surface area (TPSA) is 49.7 Å². The van der Waals surface area contributed by atoms with Gasteiger partial charge in [-0.25, -0.2) is 8.42 Å². The average Bonchev–Trinajstić information content (AvgIpc) is 3.24. The predicted molar refractivity (Wildman–Crippen MR) is 125 cm³/mol. The Morgan fingerprint density at radius 2 is 1.57 bits per heavy atom. The van der Waals surface area contributed by atoms with Crippen LogP contribution in [0.4, 0.5) is 27.6 Å². The van der Waals surface area contributed by atoms with Gasteiger partial charge < -0.3 is 0 Å². The van der Waals surface area contributed by atoms with Crippen LogP contribution >= 0.6 is 11.6 Å². The summed E-state index contributed by atoms with van der Waals surface area (Å²) in [7, 11) is -3.39. The van der Waals surface area contributed by atoms with Gasteiger partial charge in [-0.2, -0.15) is 27.1 Å². The summed E-state index contributed by atoms with van der Waals surface area (Å²) >= 11 is 6.22. The van der Waals surface area contributed by atoms with Gasteiger partial charge in [-0.05, 0) is 47.0 Å². The third kappa shape index (κ3) is 4.90. The van der Waals surface area contributed by atoms with Crippen molar-refractivity contribution in [1.29, 1.82) is 0 Å². The first kappa shape index (κ1) is 25.1. The van der Waals surface area contributed by atoms with Crippen LogP contribution in [-0.4, -0.2) is 32.5 Å². The lowest BCUT2D eigenvalue weighted by atomic mass is 9.95. The summed E-state index contributed by atoms with van der Waals surface area (Å²) in [5.41, 5.74) is 0.584. The maximum atomic E-state index is 14.2. The summed E-state index contributed by atoms with van der Waals surface area (Å²) in [4.78, 5) is 0.130. The van der Waals surface area contributed by atoms with E-state index in [1.165, 1.54) is 24.3 Å². The van der Waals surface area contributed by atoms with Gasteiger partial charge >= 0.3 is 12.1 Å². The zero-order valence-electron chi connectivity index (χ0n) is 18.1.